The van der Waals surface area contributed by atoms with Crippen LogP contribution in [0, 0.1) is 5.92 Å². The number of aromatic nitrogens is 1. The van der Waals surface area contributed by atoms with Crippen LogP contribution in [-0.4, -0.2) is 29.3 Å². The monoisotopic (exact) mass is 372 g/mol. The lowest BCUT2D eigenvalue weighted by Gasteiger charge is -2.17. The molecule has 3 rings (SSSR count). The first kappa shape index (κ1) is 17.9. The highest BCUT2D eigenvalue weighted by Gasteiger charge is 2.35. The Morgan fingerprint density at radius 3 is 2.73 bits per heavy atom. The molecular weight excluding hydrogens is 356 g/mol. The summed E-state index contributed by atoms with van der Waals surface area (Å²) in [6.07, 6.45) is 1.56. The number of carbonyl (C=O) groups is 3. The maximum Gasteiger partial charge on any atom is 0.230 e. The van der Waals surface area contributed by atoms with E-state index in [1.54, 1.807) is 41.3 Å². The maximum absolute atomic E-state index is 12.4. The van der Waals surface area contributed by atoms with Crippen LogP contribution in [0.15, 0.2) is 42.6 Å². The molecule has 134 valence electrons. The van der Waals surface area contributed by atoms with Crippen molar-refractivity contribution in [3.05, 3.63) is 47.6 Å². The van der Waals surface area contributed by atoms with Crippen LogP contribution in [0.2, 0.25) is 5.02 Å². The van der Waals surface area contributed by atoms with E-state index in [0.717, 1.165) is 0 Å². The minimum atomic E-state index is -0.482. The zero-order valence-electron chi connectivity index (χ0n) is 14.0. The summed E-state index contributed by atoms with van der Waals surface area (Å²) < 4.78 is 0. The van der Waals surface area contributed by atoms with E-state index < -0.39 is 5.92 Å². The second-order valence-corrected chi connectivity index (χ2v) is 6.42. The van der Waals surface area contributed by atoms with E-state index in [-0.39, 0.29) is 30.7 Å². The van der Waals surface area contributed by atoms with E-state index in [9.17, 15) is 14.4 Å². The summed E-state index contributed by atoms with van der Waals surface area (Å²) in [4.78, 5) is 41.5. The molecule has 7 nitrogen and oxygen atoms in total. The minimum Gasteiger partial charge on any atom is -0.326 e. The number of halogens is 1. The highest BCUT2D eigenvalue weighted by atomic mass is 35.5. The minimum absolute atomic E-state index is 0.115. The van der Waals surface area contributed by atoms with Gasteiger partial charge in [-0.05, 0) is 30.3 Å². The van der Waals surface area contributed by atoms with Crippen LogP contribution in [0.5, 0.6) is 0 Å². The Bertz CT molecular complexity index is 854. The highest BCUT2D eigenvalue weighted by molar-refractivity contribution is 6.30. The van der Waals surface area contributed by atoms with E-state index in [1.165, 1.54) is 13.1 Å². The van der Waals surface area contributed by atoms with E-state index in [0.29, 0.717) is 22.2 Å². The van der Waals surface area contributed by atoms with Crippen LogP contribution in [-0.2, 0) is 14.4 Å². The van der Waals surface area contributed by atoms with Crippen molar-refractivity contribution in [1.29, 1.82) is 0 Å². The molecule has 8 heteroatoms. The van der Waals surface area contributed by atoms with Crippen molar-refractivity contribution in [2.75, 3.05) is 22.1 Å². The van der Waals surface area contributed by atoms with Gasteiger partial charge in [-0.15, -0.1) is 0 Å². The molecule has 1 saturated heterocycles. The Morgan fingerprint density at radius 2 is 2.04 bits per heavy atom. The van der Waals surface area contributed by atoms with Gasteiger partial charge < -0.3 is 15.5 Å². The largest absolute Gasteiger partial charge is 0.326 e. The van der Waals surface area contributed by atoms with Crippen molar-refractivity contribution in [2.45, 2.75) is 13.3 Å². The number of pyridine rings is 1. The third-order valence-electron chi connectivity index (χ3n) is 3.95. The molecule has 1 fully saturated rings. The fourth-order valence-electron chi connectivity index (χ4n) is 2.77. The Balaban J connectivity index is 1.69. The van der Waals surface area contributed by atoms with Gasteiger partial charge in [0.2, 0.25) is 17.7 Å². The topological polar surface area (TPSA) is 91.4 Å². The second kappa shape index (κ2) is 7.53. The van der Waals surface area contributed by atoms with Gasteiger partial charge in [-0.2, -0.15) is 0 Å². The highest BCUT2D eigenvalue weighted by Crippen LogP contribution is 2.28. The summed E-state index contributed by atoms with van der Waals surface area (Å²) >= 11 is 5.77. The fraction of sp³-hybridized carbons (Fsp3) is 0.222. The first-order valence-corrected chi connectivity index (χ1v) is 8.40. The predicted octanol–water partition coefficient (Wildman–Crippen LogP) is 2.69. The third kappa shape index (κ3) is 4.18. The Hall–Kier alpha value is -2.93. The van der Waals surface area contributed by atoms with Crippen LogP contribution < -0.4 is 15.5 Å². The average Bonchev–Trinajstić information content (AvgIpc) is 2.98. The van der Waals surface area contributed by atoms with Gasteiger partial charge in [0.25, 0.3) is 0 Å². The number of carbonyl (C=O) groups excluding carboxylic acids is 3. The van der Waals surface area contributed by atoms with Crippen LogP contribution in [0.4, 0.5) is 17.2 Å². The summed E-state index contributed by atoms with van der Waals surface area (Å²) in [7, 11) is 0. The maximum atomic E-state index is 12.4. The first-order chi connectivity index (χ1) is 12.4. The lowest BCUT2D eigenvalue weighted by atomic mass is 10.1. The van der Waals surface area contributed by atoms with Gasteiger partial charge in [0, 0.05) is 37.5 Å². The number of nitrogens with zero attached hydrogens (tertiary/aromatic N) is 2. The number of hydrogen-bond acceptors (Lipinski definition) is 4. The van der Waals surface area contributed by atoms with Gasteiger partial charge in [0.1, 0.15) is 5.82 Å². The number of anilines is 3. The van der Waals surface area contributed by atoms with E-state index >= 15 is 0 Å². The predicted molar refractivity (Wildman–Crippen MR) is 99.1 cm³/mol. The molecule has 0 saturated carbocycles. The van der Waals surface area contributed by atoms with Gasteiger partial charge in [-0.25, -0.2) is 4.98 Å². The van der Waals surface area contributed by atoms with Crippen molar-refractivity contribution in [2.24, 2.45) is 5.92 Å². The number of nitrogens with one attached hydrogen (secondary N) is 2. The molecule has 1 aromatic carbocycles. The van der Waals surface area contributed by atoms with Gasteiger partial charge in [-0.1, -0.05) is 17.7 Å². The molecule has 26 heavy (non-hydrogen) atoms. The van der Waals surface area contributed by atoms with E-state index in [2.05, 4.69) is 15.6 Å². The molecule has 0 bridgehead atoms. The summed E-state index contributed by atoms with van der Waals surface area (Å²) in [5.74, 6) is -0.701. The van der Waals surface area contributed by atoms with Gasteiger partial charge >= 0.3 is 0 Å². The zero-order valence-corrected chi connectivity index (χ0v) is 14.8. The molecule has 0 spiro atoms. The number of rotatable bonds is 4. The smallest absolute Gasteiger partial charge is 0.230 e. The molecule has 2 heterocycles. The van der Waals surface area contributed by atoms with Crippen molar-refractivity contribution < 1.29 is 14.4 Å². The molecule has 1 atom stereocenters. The molecular formula is C18H17ClN4O3. The Morgan fingerprint density at radius 1 is 1.23 bits per heavy atom. The molecule has 1 aliphatic rings. The van der Waals surface area contributed by atoms with Crippen molar-refractivity contribution in [3.8, 4) is 0 Å². The molecule has 0 aliphatic carbocycles. The van der Waals surface area contributed by atoms with Crippen LogP contribution in [0.25, 0.3) is 0 Å². The summed E-state index contributed by atoms with van der Waals surface area (Å²) in [5, 5.41) is 5.85. The van der Waals surface area contributed by atoms with E-state index in [4.69, 9.17) is 11.6 Å². The van der Waals surface area contributed by atoms with E-state index in [1.807, 2.05) is 0 Å². The molecule has 1 aromatic heterocycles. The first-order valence-electron chi connectivity index (χ1n) is 8.03. The van der Waals surface area contributed by atoms with Crippen molar-refractivity contribution in [1.82, 2.24) is 4.98 Å². The molecule has 0 unspecified atom stereocenters. The Labute approximate surface area is 155 Å². The zero-order chi connectivity index (χ0) is 18.7. The standard InChI is InChI=1S/C18H17ClN4O3/c1-11(24)21-14-3-2-4-15(8-14)23-10-12(7-17(23)25)18(26)22-16-6-5-13(19)9-20-16/h2-6,8-9,12H,7,10H2,1H3,(H,21,24)(H,20,22,26)/t12-/m1/s1. The molecule has 0 radical (unpaired) electrons. The van der Waals surface area contributed by atoms with Crippen LogP contribution in [0.3, 0.4) is 0 Å². The van der Waals surface area contributed by atoms with Gasteiger partial charge in [0.05, 0.1) is 10.9 Å². The summed E-state index contributed by atoms with van der Waals surface area (Å²) in [5.41, 5.74) is 1.24. The third-order valence-corrected chi connectivity index (χ3v) is 4.18. The number of amides is 3. The number of benzene rings is 1. The molecule has 2 aromatic rings. The fourth-order valence-corrected chi connectivity index (χ4v) is 2.88. The molecule has 3 amide bonds. The summed E-state index contributed by atoms with van der Waals surface area (Å²) in [6.45, 7) is 1.68. The lowest BCUT2D eigenvalue weighted by Crippen LogP contribution is -2.28. The SMILES string of the molecule is CC(=O)Nc1cccc(N2C[C@H](C(=O)Nc3ccc(Cl)cn3)CC2=O)c1. The number of hydrogen-bond donors (Lipinski definition) is 2. The van der Waals surface area contributed by atoms with Gasteiger partial charge in [-0.3, -0.25) is 14.4 Å². The summed E-state index contributed by atoms with van der Waals surface area (Å²) in [6, 6.07) is 10.2. The van der Waals surface area contributed by atoms with Crippen molar-refractivity contribution >= 4 is 46.5 Å². The lowest BCUT2D eigenvalue weighted by molar-refractivity contribution is -0.122. The molecule has 1 aliphatic heterocycles. The van der Waals surface area contributed by atoms with Gasteiger partial charge in [0.15, 0.2) is 0 Å². The quantitative estimate of drug-likeness (QED) is 0.863. The Kier molecular flexibility index (Phi) is 5.18. The normalized spacial score (nSPS) is 16.5. The van der Waals surface area contributed by atoms with Crippen molar-refractivity contribution in [3.63, 3.8) is 0 Å². The average molecular weight is 373 g/mol. The van der Waals surface area contributed by atoms with Crippen LogP contribution >= 0.6 is 11.6 Å². The molecule has 2 N–H and O–H groups in total. The second-order valence-electron chi connectivity index (χ2n) is 5.99. The van der Waals surface area contributed by atoms with Crippen LogP contribution in [0.1, 0.15) is 13.3 Å².